The van der Waals surface area contributed by atoms with Crippen LogP contribution in [0.15, 0.2) is 71.6 Å². The van der Waals surface area contributed by atoms with Crippen molar-refractivity contribution in [3.05, 3.63) is 83.4 Å². The molecule has 1 unspecified atom stereocenters. The van der Waals surface area contributed by atoms with Crippen LogP contribution in [0.3, 0.4) is 0 Å². The van der Waals surface area contributed by atoms with E-state index in [1.807, 2.05) is 24.3 Å². The van der Waals surface area contributed by atoms with Crippen molar-refractivity contribution in [1.29, 1.82) is 0 Å². The smallest absolute Gasteiger partial charge is 0.244 e. The van der Waals surface area contributed by atoms with Crippen molar-refractivity contribution in [2.45, 2.75) is 30.8 Å². The van der Waals surface area contributed by atoms with Crippen molar-refractivity contribution in [2.24, 2.45) is 0 Å². The van der Waals surface area contributed by atoms with E-state index in [-0.39, 0.29) is 29.4 Å². The molecule has 0 saturated carbocycles. The van der Waals surface area contributed by atoms with Gasteiger partial charge in [0.15, 0.2) is 17.3 Å². The number of ether oxygens (including phenoxy) is 2. The van der Waals surface area contributed by atoms with Crippen molar-refractivity contribution in [3.8, 4) is 11.5 Å². The summed E-state index contributed by atoms with van der Waals surface area (Å²) in [6.45, 7) is 1.51. The van der Waals surface area contributed by atoms with Gasteiger partial charge >= 0.3 is 0 Å². The Hall–Kier alpha value is -3.69. The van der Waals surface area contributed by atoms with Crippen LogP contribution in [0.25, 0.3) is 0 Å². The fourth-order valence-corrected chi connectivity index (χ4v) is 5.68. The number of benzene rings is 3. The molecule has 0 saturated heterocycles. The predicted molar refractivity (Wildman–Crippen MR) is 131 cm³/mol. The standard InChI is InChI=1S/C26H26N2O6S/c1-17(29)18-8-10-21(11-9-18)27-26(30)23-14-19-6-4-5-7-20(19)16-28(23)35(31,32)22-12-13-24(33-2)25(15-22)34-3/h4-13,15,23H,14,16H2,1-3H3,(H,27,30). The van der Waals surface area contributed by atoms with E-state index in [0.717, 1.165) is 11.1 Å². The van der Waals surface area contributed by atoms with Crippen LogP contribution in [0.1, 0.15) is 28.4 Å². The van der Waals surface area contributed by atoms with Gasteiger partial charge in [-0.15, -0.1) is 0 Å². The molecule has 0 radical (unpaired) electrons. The third-order valence-electron chi connectivity index (χ3n) is 6.03. The van der Waals surface area contributed by atoms with E-state index in [4.69, 9.17) is 9.47 Å². The van der Waals surface area contributed by atoms with Crippen LogP contribution in [-0.4, -0.2) is 44.7 Å². The van der Waals surface area contributed by atoms with Gasteiger partial charge in [-0.05, 0) is 60.9 Å². The zero-order chi connectivity index (χ0) is 25.2. The summed E-state index contributed by atoms with van der Waals surface area (Å²) in [6.07, 6.45) is 0.222. The average molecular weight is 495 g/mol. The summed E-state index contributed by atoms with van der Waals surface area (Å²) in [5.41, 5.74) is 2.75. The molecule has 4 rings (SSSR count). The predicted octanol–water partition coefficient (Wildman–Crippen LogP) is 3.66. The Morgan fingerprint density at radius 2 is 1.57 bits per heavy atom. The number of sulfonamides is 1. The normalized spacial score (nSPS) is 15.7. The van der Waals surface area contributed by atoms with E-state index >= 15 is 0 Å². The molecule has 1 atom stereocenters. The van der Waals surface area contributed by atoms with Gasteiger partial charge in [0.05, 0.1) is 19.1 Å². The van der Waals surface area contributed by atoms with Gasteiger partial charge in [-0.25, -0.2) is 8.42 Å². The number of rotatable bonds is 7. The fraction of sp³-hybridized carbons (Fsp3) is 0.231. The number of anilines is 1. The number of carbonyl (C=O) groups excluding carboxylic acids is 2. The van der Waals surface area contributed by atoms with Crippen molar-refractivity contribution in [1.82, 2.24) is 4.31 Å². The highest BCUT2D eigenvalue weighted by atomic mass is 32.2. The molecule has 0 aliphatic carbocycles. The van der Waals surface area contributed by atoms with Crippen molar-refractivity contribution < 1.29 is 27.5 Å². The lowest BCUT2D eigenvalue weighted by molar-refractivity contribution is -0.120. The van der Waals surface area contributed by atoms with Gasteiger partial charge in [0.2, 0.25) is 15.9 Å². The van der Waals surface area contributed by atoms with Gasteiger partial charge in [-0.2, -0.15) is 4.31 Å². The molecule has 1 heterocycles. The maximum atomic E-state index is 13.8. The Kier molecular flexibility index (Phi) is 6.90. The number of amides is 1. The molecule has 35 heavy (non-hydrogen) atoms. The summed E-state index contributed by atoms with van der Waals surface area (Å²) in [5, 5.41) is 2.80. The molecule has 0 fully saturated rings. The molecule has 1 aliphatic heterocycles. The molecule has 182 valence electrons. The SMILES string of the molecule is COc1ccc(S(=O)(=O)N2Cc3ccccc3CC2C(=O)Nc2ccc(C(C)=O)cc2)cc1OC. The average Bonchev–Trinajstić information content (AvgIpc) is 2.87. The van der Waals surface area contributed by atoms with Gasteiger partial charge in [-0.3, -0.25) is 9.59 Å². The number of ketones is 1. The Bertz CT molecular complexity index is 1370. The number of carbonyl (C=O) groups is 2. The minimum atomic E-state index is -4.07. The van der Waals surface area contributed by atoms with Gasteiger partial charge < -0.3 is 14.8 Å². The molecule has 0 bridgehead atoms. The molecular formula is C26H26N2O6S. The first-order valence-electron chi connectivity index (χ1n) is 11.0. The minimum Gasteiger partial charge on any atom is -0.493 e. The van der Waals surface area contributed by atoms with Gasteiger partial charge in [0.1, 0.15) is 6.04 Å². The summed E-state index contributed by atoms with van der Waals surface area (Å²) in [5.74, 6) is 0.134. The molecule has 8 nitrogen and oxygen atoms in total. The topological polar surface area (TPSA) is 102 Å². The molecule has 0 aromatic heterocycles. The fourth-order valence-electron chi connectivity index (χ4n) is 4.10. The van der Waals surface area contributed by atoms with E-state index < -0.39 is 22.0 Å². The lowest BCUT2D eigenvalue weighted by atomic mass is 9.95. The van der Waals surface area contributed by atoms with Crippen molar-refractivity contribution in [3.63, 3.8) is 0 Å². The number of nitrogens with zero attached hydrogens (tertiary/aromatic N) is 1. The van der Waals surface area contributed by atoms with Gasteiger partial charge in [0, 0.05) is 23.9 Å². The summed E-state index contributed by atoms with van der Waals surface area (Å²) in [7, 11) is -1.18. The Morgan fingerprint density at radius 3 is 2.20 bits per heavy atom. The van der Waals surface area contributed by atoms with Crippen LogP contribution in [0, 0.1) is 0 Å². The third-order valence-corrected chi connectivity index (χ3v) is 7.88. The summed E-state index contributed by atoms with van der Waals surface area (Å²) in [6, 6.07) is 17.3. The van der Waals surface area contributed by atoms with Crippen molar-refractivity contribution >= 4 is 27.4 Å². The van der Waals surface area contributed by atoms with E-state index in [2.05, 4.69) is 5.32 Å². The van der Waals surface area contributed by atoms with Crippen molar-refractivity contribution in [2.75, 3.05) is 19.5 Å². The second-order valence-electron chi connectivity index (χ2n) is 8.18. The first-order chi connectivity index (χ1) is 16.7. The summed E-state index contributed by atoms with van der Waals surface area (Å²) in [4.78, 5) is 24.9. The summed E-state index contributed by atoms with van der Waals surface area (Å²) < 4.78 is 39.3. The Labute approximate surface area is 204 Å². The maximum absolute atomic E-state index is 13.8. The zero-order valence-corrected chi connectivity index (χ0v) is 20.5. The molecule has 3 aromatic rings. The monoisotopic (exact) mass is 494 g/mol. The Balaban J connectivity index is 1.70. The lowest BCUT2D eigenvalue weighted by Crippen LogP contribution is -2.50. The van der Waals surface area contributed by atoms with Crippen LogP contribution in [0.4, 0.5) is 5.69 Å². The molecule has 1 N–H and O–H groups in total. The quantitative estimate of drug-likeness (QED) is 0.503. The first kappa shape index (κ1) is 24.4. The minimum absolute atomic E-state index is 0.00172. The van der Waals surface area contributed by atoms with Crippen LogP contribution >= 0.6 is 0 Å². The molecule has 1 aliphatic rings. The van der Waals surface area contributed by atoms with Crippen LogP contribution in [0.5, 0.6) is 11.5 Å². The second kappa shape index (κ2) is 9.89. The first-order valence-corrected chi connectivity index (χ1v) is 12.4. The van der Waals surface area contributed by atoms with Gasteiger partial charge in [-0.1, -0.05) is 24.3 Å². The number of nitrogens with one attached hydrogen (secondary N) is 1. The molecule has 9 heteroatoms. The Morgan fingerprint density at radius 1 is 0.914 bits per heavy atom. The number of Topliss-reactive ketones (excluding diaryl/α,β-unsaturated/α-hetero) is 1. The highest BCUT2D eigenvalue weighted by Gasteiger charge is 2.40. The van der Waals surface area contributed by atoms with Crippen LogP contribution in [0.2, 0.25) is 0 Å². The molecule has 0 spiro atoms. The zero-order valence-electron chi connectivity index (χ0n) is 19.6. The molecule has 1 amide bonds. The summed E-state index contributed by atoms with van der Waals surface area (Å²) >= 11 is 0. The van der Waals surface area contributed by atoms with E-state index in [1.165, 1.54) is 43.6 Å². The van der Waals surface area contributed by atoms with Crippen LogP contribution in [-0.2, 0) is 27.8 Å². The largest absolute Gasteiger partial charge is 0.493 e. The number of methoxy groups -OCH3 is 2. The number of hydrogen-bond acceptors (Lipinski definition) is 6. The van der Waals surface area contributed by atoms with Gasteiger partial charge in [0.25, 0.3) is 0 Å². The third kappa shape index (κ3) is 4.91. The second-order valence-corrected chi connectivity index (χ2v) is 10.1. The highest BCUT2D eigenvalue weighted by molar-refractivity contribution is 7.89. The number of fused-ring (bicyclic) bond motifs is 1. The van der Waals surface area contributed by atoms with E-state index in [9.17, 15) is 18.0 Å². The number of hydrogen-bond donors (Lipinski definition) is 1. The molecule has 3 aromatic carbocycles. The van der Waals surface area contributed by atoms with Crippen LogP contribution < -0.4 is 14.8 Å². The highest BCUT2D eigenvalue weighted by Crippen LogP contribution is 2.34. The van der Waals surface area contributed by atoms with E-state index in [0.29, 0.717) is 17.0 Å². The maximum Gasteiger partial charge on any atom is 0.244 e. The lowest BCUT2D eigenvalue weighted by Gasteiger charge is -2.35. The van der Waals surface area contributed by atoms with E-state index in [1.54, 1.807) is 24.3 Å². The molecular weight excluding hydrogens is 468 g/mol.